The molecule has 82 valence electrons. The van der Waals surface area contributed by atoms with Gasteiger partial charge >= 0.3 is 11.9 Å². The summed E-state index contributed by atoms with van der Waals surface area (Å²) in [5.74, 6) is -4.58. The topological polar surface area (TPSA) is 112 Å². The fourth-order valence-electron chi connectivity index (χ4n) is 0.641. The van der Waals surface area contributed by atoms with Crippen molar-refractivity contribution in [3.8, 4) is 0 Å². The lowest BCUT2D eigenvalue weighted by atomic mass is 10.1. The van der Waals surface area contributed by atoms with Gasteiger partial charge in [-0.3, -0.25) is 14.4 Å². The quantitative estimate of drug-likeness (QED) is 0.582. The maximum atomic E-state index is 10.2. The second-order valence-corrected chi connectivity index (χ2v) is 2.54. The van der Waals surface area contributed by atoms with Crippen LogP contribution in [0.2, 0.25) is 0 Å². The summed E-state index contributed by atoms with van der Waals surface area (Å²) in [4.78, 5) is 29.3. The van der Waals surface area contributed by atoms with Gasteiger partial charge in [0.25, 0.3) is 5.97 Å². The third kappa shape index (κ3) is 10.4. The molecule has 0 aliphatic heterocycles. The largest absolute Gasteiger partial charge is 0.481 e. The Morgan fingerprint density at radius 2 is 1.36 bits per heavy atom. The highest BCUT2D eigenvalue weighted by Gasteiger charge is 2.23. The van der Waals surface area contributed by atoms with Crippen LogP contribution in [0.1, 0.15) is 26.7 Å². The van der Waals surface area contributed by atoms with Crippen LogP contribution in [0.25, 0.3) is 0 Å². The van der Waals surface area contributed by atoms with E-state index < -0.39 is 23.8 Å². The number of aliphatic carboxylic acids is 3. The van der Waals surface area contributed by atoms with Gasteiger partial charge in [-0.15, -0.1) is 0 Å². The van der Waals surface area contributed by atoms with Crippen LogP contribution in [0.4, 0.5) is 0 Å². The molecule has 0 saturated heterocycles. The number of rotatable bonds is 4. The minimum absolute atomic E-state index is 0.199. The van der Waals surface area contributed by atoms with Crippen molar-refractivity contribution < 1.29 is 29.7 Å². The number of carboxylic acid groups (broad SMARTS) is 3. The first-order chi connectivity index (χ1) is 6.32. The van der Waals surface area contributed by atoms with Crippen molar-refractivity contribution in [2.75, 3.05) is 0 Å². The molecule has 0 unspecified atom stereocenters. The normalized spacial score (nSPS) is 8.79. The molecule has 0 spiro atoms. The van der Waals surface area contributed by atoms with Crippen LogP contribution in [0.5, 0.6) is 0 Å². The van der Waals surface area contributed by atoms with E-state index in [4.69, 9.17) is 20.1 Å². The Kier molecular flexibility index (Phi) is 8.55. The van der Waals surface area contributed by atoms with E-state index >= 15 is 0 Å². The standard InChI is InChI=1S/C6H10O4.C2H4O2/c1-2-3-4(5(7)8)6(9)10;1-2(3)4/h4H,2-3H2,1H3,(H,7,8)(H,9,10);1H3,(H,3,4). The van der Waals surface area contributed by atoms with Gasteiger partial charge in [-0.2, -0.15) is 0 Å². The van der Waals surface area contributed by atoms with Gasteiger partial charge in [0, 0.05) is 6.92 Å². The van der Waals surface area contributed by atoms with Crippen LogP contribution in [0.15, 0.2) is 0 Å². The molecule has 0 aliphatic carbocycles. The third-order valence-corrected chi connectivity index (χ3v) is 1.17. The van der Waals surface area contributed by atoms with E-state index in [0.29, 0.717) is 6.42 Å². The summed E-state index contributed by atoms with van der Waals surface area (Å²) < 4.78 is 0. The van der Waals surface area contributed by atoms with Crippen LogP contribution in [0, 0.1) is 5.92 Å². The van der Waals surface area contributed by atoms with E-state index in [1.807, 2.05) is 0 Å². The van der Waals surface area contributed by atoms with E-state index in [2.05, 4.69) is 0 Å². The molecule has 14 heavy (non-hydrogen) atoms. The van der Waals surface area contributed by atoms with Crippen molar-refractivity contribution in [2.45, 2.75) is 26.7 Å². The van der Waals surface area contributed by atoms with Gasteiger partial charge in [-0.1, -0.05) is 13.3 Å². The first-order valence-electron chi connectivity index (χ1n) is 3.98. The van der Waals surface area contributed by atoms with Gasteiger partial charge in [-0.05, 0) is 6.42 Å². The monoisotopic (exact) mass is 206 g/mol. The van der Waals surface area contributed by atoms with Crippen LogP contribution in [-0.4, -0.2) is 33.2 Å². The molecule has 0 rings (SSSR count). The van der Waals surface area contributed by atoms with Crippen molar-refractivity contribution >= 4 is 17.9 Å². The number of hydrogen-bond donors (Lipinski definition) is 3. The van der Waals surface area contributed by atoms with E-state index in [9.17, 15) is 9.59 Å². The summed E-state index contributed by atoms with van der Waals surface area (Å²) in [7, 11) is 0. The summed E-state index contributed by atoms with van der Waals surface area (Å²) in [6.45, 7) is 2.83. The van der Waals surface area contributed by atoms with Gasteiger partial charge in [0.15, 0.2) is 5.92 Å². The first-order valence-corrected chi connectivity index (χ1v) is 3.98. The van der Waals surface area contributed by atoms with Crippen molar-refractivity contribution in [2.24, 2.45) is 5.92 Å². The van der Waals surface area contributed by atoms with Gasteiger partial charge in [0.1, 0.15) is 0 Å². The Balaban J connectivity index is 0. The Morgan fingerprint density at radius 3 is 1.43 bits per heavy atom. The average molecular weight is 206 g/mol. The summed E-state index contributed by atoms with van der Waals surface area (Å²) >= 11 is 0. The van der Waals surface area contributed by atoms with E-state index in [1.165, 1.54) is 0 Å². The second-order valence-electron chi connectivity index (χ2n) is 2.54. The van der Waals surface area contributed by atoms with Crippen molar-refractivity contribution in [1.82, 2.24) is 0 Å². The van der Waals surface area contributed by atoms with Crippen LogP contribution < -0.4 is 0 Å². The zero-order valence-corrected chi connectivity index (χ0v) is 8.06. The highest BCUT2D eigenvalue weighted by atomic mass is 16.4. The predicted octanol–water partition coefficient (Wildman–Crippen LogP) is 0.663. The lowest BCUT2D eigenvalue weighted by Gasteiger charge is -2.02. The summed E-state index contributed by atoms with van der Waals surface area (Å²) in [5.41, 5.74) is 0. The van der Waals surface area contributed by atoms with Crippen molar-refractivity contribution in [3.05, 3.63) is 0 Å². The predicted molar refractivity (Wildman–Crippen MR) is 47.0 cm³/mol. The number of carbonyl (C=O) groups is 3. The molecular formula is C8H14O6. The van der Waals surface area contributed by atoms with Gasteiger partial charge in [-0.25, -0.2) is 0 Å². The fraction of sp³-hybridized carbons (Fsp3) is 0.625. The smallest absolute Gasteiger partial charge is 0.317 e. The molecule has 6 heteroatoms. The third-order valence-electron chi connectivity index (χ3n) is 1.17. The summed E-state index contributed by atoms with van der Waals surface area (Å²) in [5, 5.41) is 24.0. The van der Waals surface area contributed by atoms with Crippen LogP contribution >= 0.6 is 0 Å². The lowest BCUT2D eigenvalue weighted by molar-refractivity contribution is -0.154. The van der Waals surface area contributed by atoms with E-state index in [-0.39, 0.29) is 6.42 Å². The summed E-state index contributed by atoms with van der Waals surface area (Å²) in [6, 6.07) is 0. The minimum atomic E-state index is -1.26. The molecule has 6 nitrogen and oxygen atoms in total. The maximum Gasteiger partial charge on any atom is 0.317 e. The molecule has 0 saturated carbocycles. The molecule has 0 aromatic heterocycles. The highest BCUT2D eigenvalue weighted by molar-refractivity contribution is 5.92. The SMILES string of the molecule is CC(=O)O.CCCC(C(=O)O)C(=O)O. The highest BCUT2D eigenvalue weighted by Crippen LogP contribution is 2.05. The number of carboxylic acids is 3. The lowest BCUT2D eigenvalue weighted by Crippen LogP contribution is -2.22. The Labute approximate surface area is 81.2 Å². The van der Waals surface area contributed by atoms with Crippen LogP contribution in [-0.2, 0) is 14.4 Å². The van der Waals surface area contributed by atoms with Crippen molar-refractivity contribution in [3.63, 3.8) is 0 Å². The molecule has 0 radical (unpaired) electrons. The van der Waals surface area contributed by atoms with E-state index in [1.54, 1.807) is 6.92 Å². The zero-order chi connectivity index (χ0) is 11.7. The van der Waals surface area contributed by atoms with E-state index in [0.717, 1.165) is 6.92 Å². The fourth-order valence-corrected chi connectivity index (χ4v) is 0.641. The molecular weight excluding hydrogens is 192 g/mol. The second kappa shape index (κ2) is 8.03. The minimum Gasteiger partial charge on any atom is -0.481 e. The zero-order valence-electron chi connectivity index (χ0n) is 8.06. The van der Waals surface area contributed by atoms with Gasteiger partial charge in [0.2, 0.25) is 0 Å². The molecule has 0 heterocycles. The Bertz CT molecular complexity index is 192. The molecule has 0 bridgehead atoms. The van der Waals surface area contributed by atoms with Gasteiger partial charge < -0.3 is 15.3 Å². The molecule has 3 N–H and O–H groups in total. The van der Waals surface area contributed by atoms with Gasteiger partial charge in [0.05, 0.1) is 0 Å². The van der Waals surface area contributed by atoms with Crippen molar-refractivity contribution in [1.29, 1.82) is 0 Å². The van der Waals surface area contributed by atoms with Crippen LogP contribution in [0.3, 0.4) is 0 Å². The average Bonchev–Trinajstić information content (AvgIpc) is 1.97. The summed E-state index contributed by atoms with van der Waals surface area (Å²) in [6.07, 6.45) is 0.772. The maximum absolute atomic E-state index is 10.2. The molecule has 0 aliphatic rings. The Hall–Kier alpha value is -1.59. The molecule has 0 aromatic carbocycles. The Morgan fingerprint density at radius 1 is 1.07 bits per heavy atom. The molecule has 0 fully saturated rings. The molecule has 0 amide bonds. The first kappa shape index (κ1) is 14.9. The molecule has 0 atom stereocenters. The number of hydrogen-bond acceptors (Lipinski definition) is 3. The molecule has 0 aromatic rings.